The summed E-state index contributed by atoms with van der Waals surface area (Å²) in [4.78, 5) is 0. The minimum atomic E-state index is -0.588. The molecular formula is C15H16Cl3FN2. The molecule has 114 valence electrons. The summed E-state index contributed by atoms with van der Waals surface area (Å²) in [5.74, 6) is 0.223. The lowest BCUT2D eigenvalue weighted by Crippen LogP contribution is -2.34. The summed E-state index contributed by atoms with van der Waals surface area (Å²) in [6.45, 7) is 1.84. The monoisotopic (exact) mass is 348 g/mol. The first-order valence-electron chi connectivity index (χ1n) is 6.49. The Hall–Kier alpha value is -0.770. The first kappa shape index (κ1) is 16.6. The van der Waals surface area contributed by atoms with Crippen LogP contribution in [0.2, 0.25) is 5.02 Å². The number of aromatic nitrogens is 2. The number of aryl methyl sites for hydroxylation is 2. The zero-order chi connectivity index (χ0) is 15.6. The van der Waals surface area contributed by atoms with Crippen molar-refractivity contribution in [2.24, 2.45) is 7.05 Å². The minimum Gasteiger partial charge on any atom is -0.271 e. The highest BCUT2D eigenvalue weighted by Gasteiger charge is 2.33. The maximum Gasteiger partial charge on any atom is 0.123 e. The van der Waals surface area contributed by atoms with Crippen LogP contribution in [0.25, 0.3) is 0 Å². The second-order valence-corrected chi connectivity index (χ2v) is 6.12. The minimum absolute atomic E-state index is 0.264. The van der Waals surface area contributed by atoms with E-state index in [0.717, 1.165) is 17.0 Å². The number of alkyl halides is 2. The van der Waals surface area contributed by atoms with Crippen molar-refractivity contribution in [1.29, 1.82) is 0 Å². The Morgan fingerprint density at radius 3 is 2.43 bits per heavy atom. The van der Waals surface area contributed by atoms with Gasteiger partial charge in [-0.2, -0.15) is 5.10 Å². The van der Waals surface area contributed by atoms with Crippen LogP contribution in [0, 0.1) is 12.7 Å². The van der Waals surface area contributed by atoms with Crippen molar-refractivity contribution in [3.63, 3.8) is 0 Å². The maximum absolute atomic E-state index is 13.5. The Kier molecular flexibility index (Phi) is 5.18. The number of benzene rings is 1. The van der Waals surface area contributed by atoms with Crippen molar-refractivity contribution < 1.29 is 4.39 Å². The zero-order valence-electron chi connectivity index (χ0n) is 11.8. The van der Waals surface area contributed by atoms with Gasteiger partial charge >= 0.3 is 0 Å². The highest BCUT2D eigenvalue weighted by molar-refractivity contribution is 6.32. The Bertz CT molecular complexity index is 636. The quantitative estimate of drug-likeness (QED) is 0.728. The lowest BCUT2D eigenvalue weighted by Gasteiger charge is -2.30. The normalized spacial score (nSPS) is 11.9. The van der Waals surface area contributed by atoms with Crippen LogP contribution < -0.4 is 0 Å². The fraction of sp³-hybridized carbons (Fsp3) is 0.400. The lowest BCUT2D eigenvalue weighted by molar-refractivity contribution is 0.505. The highest BCUT2D eigenvalue weighted by atomic mass is 35.5. The van der Waals surface area contributed by atoms with Gasteiger partial charge in [-0.15, -0.1) is 23.2 Å². The molecule has 1 aromatic carbocycles. The molecule has 0 N–H and O–H groups in total. The molecule has 0 saturated heterocycles. The molecule has 21 heavy (non-hydrogen) atoms. The van der Waals surface area contributed by atoms with Gasteiger partial charge in [0.15, 0.2) is 0 Å². The third kappa shape index (κ3) is 3.20. The summed E-state index contributed by atoms with van der Waals surface area (Å²) in [7, 11) is 1.83. The van der Waals surface area contributed by atoms with E-state index in [0.29, 0.717) is 11.4 Å². The molecule has 0 aliphatic carbocycles. The number of hydrogen-bond acceptors (Lipinski definition) is 1. The van der Waals surface area contributed by atoms with Gasteiger partial charge < -0.3 is 0 Å². The van der Waals surface area contributed by atoms with Crippen LogP contribution in [0.15, 0.2) is 24.3 Å². The van der Waals surface area contributed by atoms with Gasteiger partial charge in [-0.3, -0.25) is 4.68 Å². The van der Waals surface area contributed by atoms with E-state index in [2.05, 4.69) is 5.10 Å². The van der Waals surface area contributed by atoms with Gasteiger partial charge in [0.05, 0.1) is 16.4 Å². The SMILES string of the molecule is Cc1nn(C)c(CC(CCl)(CCl)c2cccc(F)c2)c1Cl. The Balaban J connectivity index is 2.48. The van der Waals surface area contributed by atoms with Crippen LogP contribution in [0.1, 0.15) is 17.0 Å². The van der Waals surface area contributed by atoms with Crippen molar-refractivity contribution in [2.75, 3.05) is 11.8 Å². The van der Waals surface area contributed by atoms with Crippen LogP contribution in [0.5, 0.6) is 0 Å². The number of hydrogen-bond donors (Lipinski definition) is 0. The lowest BCUT2D eigenvalue weighted by atomic mass is 9.80. The number of rotatable bonds is 5. The molecule has 6 heteroatoms. The van der Waals surface area contributed by atoms with Crippen molar-refractivity contribution in [1.82, 2.24) is 9.78 Å². The summed E-state index contributed by atoms with van der Waals surface area (Å²) < 4.78 is 15.3. The van der Waals surface area contributed by atoms with Crippen LogP contribution in [-0.2, 0) is 18.9 Å². The molecule has 2 nitrogen and oxygen atoms in total. The molecule has 1 heterocycles. The van der Waals surface area contributed by atoms with E-state index in [-0.39, 0.29) is 17.6 Å². The third-order valence-corrected chi connectivity index (χ3v) is 5.23. The molecule has 1 aromatic heterocycles. The van der Waals surface area contributed by atoms with E-state index in [1.165, 1.54) is 12.1 Å². The zero-order valence-corrected chi connectivity index (χ0v) is 14.1. The van der Waals surface area contributed by atoms with E-state index in [1.807, 2.05) is 20.0 Å². The van der Waals surface area contributed by atoms with Crippen LogP contribution in [-0.4, -0.2) is 21.5 Å². The van der Waals surface area contributed by atoms with Crippen LogP contribution in [0.4, 0.5) is 4.39 Å². The molecule has 0 saturated carbocycles. The fourth-order valence-electron chi connectivity index (χ4n) is 2.40. The summed E-state index contributed by atoms with van der Waals surface area (Å²) >= 11 is 18.7. The van der Waals surface area contributed by atoms with Crippen LogP contribution in [0.3, 0.4) is 0 Å². The smallest absolute Gasteiger partial charge is 0.123 e. The number of halogens is 4. The van der Waals surface area contributed by atoms with E-state index >= 15 is 0 Å². The molecule has 0 amide bonds. The molecule has 2 aromatic rings. The van der Waals surface area contributed by atoms with Crippen molar-refractivity contribution in [2.45, 2.75) is 18.8 Å². The van der Waals surface area contributed by atoms with Gasteiger partial charge in [-0.1, -0.05) is 23.7 Å². The molecule has 2 rings (SSSR count). The molecule has 0 bridgehead atoms. The van der Waals surface area contributed by atoms with Crippen molar-refractivity contribution >= 4 is 34.8 Å². The Morgan fingerprint density at radius 2 is 1.95 bits per heavy atom. The van der Waals surface area contributed by atoms with E-state index in [9.17, 15) is 4.39 Å². The molecule has 0 atom stereocenters. The number of nitrogens with zero attached hydrogens (tertiary/aromatic N) is 2. The largest absolute Gasteiger partial charge is 0.271 e. The molecule has 0 fully saturated rings. The maximum atomic E-state index is 13.5. The van der Waals surface area contributed by atoms with Crippen molar-refractivity contribution in [3.8, 4) is 0 Å². The van der Waals surface area contributed by atoms with E-state index < -0.39 is 5.41 Å². The molecule has 0 aliphatic heterocycles. The average Bonchev–Trinajstić information content (AvgIpc) is 2.70. The molecule has 0 unspecified atom stereocenters. The standard InChI is InChI=1S/C15H16Cl3FN2/c1-10-14(18)13(21(2)20-10)7-15(8-16,9-17)11-4-3-5-12(19)6-11/h3-6H,7-9H2,1-2H3. The highest BCUT2D eigenvalue weighted by Crippen LogP contribution is 2.34. The fourth-order valence-corrected chi connectivity index (χ4v) is 3.41. The topological polar surface area (TPSA) is 17.8 Å². The van der Waals surface area contributed by atoms with Gasteiger partial charge in [-0.05, 0) is 24.6 Å². The molecule has 0 spiro atoms. The van der Waals surface area contributed by atoms with Gasteiger partial charge in [0, 0.05) is 30.6 Å². The predicted octanol–water partition coefficient (Wildman–Crippen LogP) is 4.48. The third-order valence-electron chi connectivity index (χ3n) is 3.72. The van der Waals surface area contributed by atoms with Gasteiger partial charge in [0.25, 0.3) is 0 Å². The Morgan fingerprint density at radius 1 is 1.29 bits per heavy atom. The van der Waals surface area contributed by atoms with E-state index in [4.69, 9.17) is 34.8 Å². The average molecular weight is 350 g/mol. The summed E-state index contributed by atoms with van der Waals surface area (Å²) in [5.41, 5.74) is 1.78. The van der Waals surface area contributed by atoms with E-state index in [1.54, 1.807) is 10.7 Å². The second kappa shape index (κ2) is 6.55. The predicted molar refractivity (Wildman–Crippen MR) is 86.2 cm³/mol. The summed E-state index contributed by atoms with van der Waals surface area (Å²) in [6, 6.07) is 6.37. The second-order valence-electron chi connectivity index (χ2n) is 5.20. The molecule has 0 radical (unpaired) electrons. The first-order chi connectivity index (χ1) is 9.93. The van der Waals surface area contributed by atoms with Gasteiger partial charge in [-0.25, -0.2) is 4.39 Å². The summed E-state index contributed by atoms with van der Waals surface area (Å²) in [6.07, 6.45) is 0.500. The summed E-state index contributed by atoms with van der Waals surface area (Å²) in [5, 5.41) is 4.90. The van der Waals surface area contributed by atoms with Gasteiger partial charge in [0.2, 0.25) is 0 Å². The van der Waals surface area contributed by atoms with Crippen molar-refractivity contribution in [3.05, 3.63) is 52.1 Å². The first-order valence-corrected chi connectivity index (χ1v) is 7.94. The van der Waals surface area contributed by atoms with Crippen LogP contribution >= 0.6 is 34.8 Å². The van der Waals surface area contributed by atoms with Gasteiger partial charge in [0.1, 0.15) is 5.82 Å². The Labute approximate surface area is 138 Å². The molecular weight excluding hydrogens is 334 g/mol. The molecule has 0 aliphatic rings.